The Balaban J connectivity index is 1.76. The maximum atomic E-state index is 4.50. The van der Waals surface area contributed by atoms with Gasteiger partial charge in [-0.25, -0.2) is 0 Å². The van der Waals surface area contributed by atoms with Crippen LogP contribution in [0.3, 0.4) is 0 Å². The van der Waals surface area contributed by atoms with Gasteiger partial charge in [0.05, 0.1) is 5.69 Å². The third kappa shape index (κ3) is 1.75. The van der Waals surface area contributed by atoms with Crippen LogP contribution in [0.25, 0.3) is 12.2 Å². The van der Waals surface area contributed by atoms with E-state index in [4.69, 9.17) is 0 Å². The van der Waals surface area contributed by atoms with Gasteiger partial charge in [0.1, 0.15) is 0 Å². The fourth-order valence-corrected chi connectivity index (χ4v) is 3.59. The van der Waals surface area contributed by atoms with Crippen LogP contribution in [0.4, 0.5) is 0 Å². The van der Waals surface area contributed by atoms with Gasteiger partial charge in [-0.3, -0.25) is 4.98 Å². The molecule has 3 aromatic rings. The van der Waals surface area contributed by atoms with Crippen molar-refractivity contribution < 1.29 is 0 Å². The highest BCUT2D eigenvalue weighted by Crippen LogP contribution is 2.19. The lowest BCUT2D eigenvalue weighted by Gasteiger charge is -2.17. The van der Waals surface area contributed by atoms with Gasteiger partial charge in [0.15, 0.2) is 0 Å². The first kappa shape index (κ1) is 11.9. The van der Waals surface area contributed by atoms with Crippen molar-refractivity contribution in [2.45, 2.75) is 12.8 Å². The standard InChI is InChI=1S/C21H15N/c1-2-5-15-9-18-12-20-13-21-16(6-3-7-22-21)10-19(20)11-17(18)8-14(15)4-1/h1-8,11-13H,9-10H2. The molecule has 1 aromatic heterocycles. The SMILES string of the molecule is C1=c2cc3c(cc2Cc2ccccc21)=Cc1ncccc1C3. The van der Waals surface area contributed by atoms with E-state index in [-0.39, 0.29) is 0 Å². The van der Waals surface area contributed by atoms with Crippen LogP contribution in [0.2, 0.25) is 0 Å². The number of hydrogen-bond acceptors (Lipinski definition) is 1. The highest BCUT2D eigenvalue weighted by molar-refractivity contribution is 5.62. The fourth-order valence-electron chi connectivity index (χ4n) is 3.59. The number of rotatable bonds is 0. The summed E-state index contributed by atoms with van der Waals surface area (Å²) in [7, 11) is 0. The molecule has 0 atom stereocenters. The van der Waals surface area contributed by atoms with Crippen molar-refractivity contribution in [3.05, 3.63) is 98.7 Å². The number of nitrogens with zero attached hydrogens (tertiary/aromatic N) is 1. The summed E-state index contributed by atoms with van der Waals surface area (Å²) < 4.78 is 0. The summed E-state index contributed by atoms with van der Waals surface area (Å²) in [6.07, 6.45) is 8.45. The third-order valence-electron chi connectivity index (χ3n) is 4.75. The molecular formula is C21H15N. The molecule has 0 fully saturated rings. The van der Waals surface area contributed by atoms with Crippen LogP contribution < -0.4 is 10.4 Å². The van der Waals surface area contributed by atoms with Gasteiger partial charge in [-0.1, -0.05) is 42.5 Å². The highest BCUT2D eigenvalue weighted by atomic mass is 14.7. The Morgan fingerprint density at radius 2 is 1.41 bits per heavy atom. The van der Waals surface area contributed by atoms with E-state index >= 15 is 0 Å². The van der Waals surface area contributed by atoms with Crippen LogP contribution in [0.1, 0.15) is 33.5 Å². The Kier molecular flexibility index (Phi) is 2.39. The van der Waals surface area contributed by atoms with Crippen LogP contribution >= 0.6 is 0 Å². The lowest BCUT2D eigenvalue weighted by atomic mass is 9.88. The molecule has 2 aliphatic rings. The zero-order valence-corrected chi connectivity index (χ0v) is 12.2. The highest BCUT2D eigenvalue weighted by Gasteiger charge is 2.14. The molecule has 1 nitrogen and oxygen atoms in total. The topological polar surface area (TPSA) is 12.9 Å². The zero-order chi connectivity index (χ0) is 14.5. The summed E-state index contributed by atoms with van der Waals surface area (Å²) in [5, 5.41) is 2.70. The number of benzene rings is 2. The molecule has 0 spiro atoms. The second-order valence-electron chi connectivity index (χ2n) is 6.14. The Labute approximate surface area is 129 Å². The Bertz CT molecular complexity index is 943. The van der Waals surface area contributed by atoms with Crippen molar-refractivity contribution >= 4 is 12.2 Å². The molecule has 0 N–H and O–H groups in total. The molecule has 0 aliphatic heterocycles. The predicted octanol–water partition coefficient (Wildman–Crippen LogP) is 2.55. The molecule has 22 heavy (non-hydrogen) atoms. The zero-order valence-electron chi connectivity index (χ0n) is 12.2. The lowest BCUT2D eigenvalue weighted by Crippen LogP contribution is -2.25. The molecule has 1 heteroatoms. The average Bonchev–Trinajstić information content (AvgIpc) is 2.56. The first-order chi connectivity index (χ1) is 10.9. The summed E-state index contributed by atoms with van der Waals surface area (Å²) in [6.45, 7) is 0. The van der Waals surface area contributed by atoms with E-state index in [1.165, 1.54) is 38.3 Å². The molecule has 5 rings (SSSR count). The average molecular weight is 281 g/mol. The minimum Gasteiger partial charge on any atom is -0.257 e. The van der Waals surface area contributed by atoms with Gasteiger partial charge in [-0.2, -0.15) is 0 Å². The molecule has 0 saturated carbocycles. The molecule has 0 bridgehead atoms. The molecule has 0 saturated heterocycles. The molecule has 0 amide bonds. The van der Waals surface area contributed by atoms with Crippen molar-refractivity contribution in [3.8, 4) is 0 Å². The number of pyridine rings is 1. The maximum Gasteiger partial charge on any atom is 0.0671 e. The van der Waals surface area contributed by atoms with E-state index in [1.54, 1.807) is 0 Å². The van der Waals surface area contributed by atoms with Gasteiger partial charge in [-0.05, 0) is 62.9 Å². The van der Waals surface area contributed by atoms with Crippen LogP contribution in [0.5, 0.6) is 0 Å². The third-order valence-corrected chi connectivity index (χ3v) is 4.75. The molecule has 2 aromatic carbocycles. The first-order valence-electron chi connectivity index (χ1n) is 7.74. The number of fused-ring (bicyclic) bond motifs is 4. The summed E-state index contributed by atoms with van der Waals surface area (Å²) in [4.78, 5) is 4.50. The minimum absolute atomic E-state index is 0.984. The number of aromatic nitrogens is 1. The largest absolute Gasteiger partial charge is 0.257 e. The normalized spacial score (nSPS) is 13.8. The van der Waals surface area contributed by atoms with Crippen LogP contribution in [-0.2, 0) is 12.8 Å². The van der Waals surface area contributed by atoms with E-state index in [0.29, 0.717) is 0 Å². The van der Waals surface area contributed by atoms with E-state index in [2.05, 4.69) is 59.6 Å². The van der Waals surface area contributed by atoms with Crippen molar-refractivity contribution in [2.75, 3.05) is 0 Å². The van der Waals surface area contributed by atoms with E-state index in [1.807, 2.05) is 12.3 Å². The summed E-state index contributed by atoms with van der Waals surface area (Å²) in [5.74, 6) is 0. The van der Waals surface area contributed by atoms with Crippen LogP contribution in [-0.4, -0.2) is 4.98 Å². The van der Waals surface area contributed by atoms with Crippen LogP contribution in [0.15, 0.2) is 54.7 Å². The van der Waals surface area contributed by atoms with E-state index < -0.39 is 0 Å². The maximum absolute atomic E-state index is 4.50. The Morgan fingerprint density at radius 1 is 0.682 bits per heavy atom. The summed E-state index contributed by atoms with van der Waals surface area (Å²) in [5.41, 5.74) is 8.06. The molecule has 0 unspecified atom stereocenters. The molecule has 2 aliphatic carbocycles. The minimum atomic E-state index is 0.984. The second-order valence-corrected chi connectivity index (χ2v) is 6.14. The van der Waals surface area contributed by atoms with Gasteiger partial charge >= 0.3 is 0 Å². The first-order valence-corrected chi connectivity index (χ1v) is 7.74. The lowest BCUT2D eigenvalue weighted by molar-refractivity contribution is 1.06. The summed E-state index contributed by atoms with van der Waals surface area (Å²) >= 11 is 0. The molecule has 0 radical (unpaired) electrons. The van der Waals surface area contributed by atoms with Crippen LogP contribution in [0, 0.1) is 0 Å². The molecule has 1 heterocycles. The van der Waals surface area contributed by atoms with Gasteiger partial charge in [0.2, 0.25) is 0 Å². The number of hydrogen-bond donors (Lipinski definition) is 0. The Morgan fingerprint density at radius 3 is 2.32 bits per heavy atom. The van der Waals surface area contributed by atoms with Crippen molar-refractivity contribution in [1.29, 1.82) is 0 Å². The monoisotopic (exact) mass is 281 g/mol. The van der Waals surface area contributed by atoms with E-state index in [9.17, 15) is 0 Å². The van der Waals surface area contributed by atoms with Crippen molar-refractivity contribution in [2.24, 2.45) is 0 Å². The molecule has 104 valence electrons. The quantitative estimate of drug-likeness (QED) is 0.425. The second kappa shape index (κ2) is 4.41. The Hall–Kier alpha value is -2.67. The summed E-state index contributed by atoms with van der Waals surface area (Å²) in [6, 6.07) is 17.6. The van der Waals surface area contributed by atoms with Crippen molar-refractivity contribution in [3.63, 3.8) is 0 Å². The van der Waals surface area contributed by atoms with Gasteiger partial charge in [-0.15, -0.1) is 0 Å². The van der Waals surface area contributed by atoms with Gasteiger partial charge < -0.3 is 0 Å². The van der Waals surface area contributed by atoms with Gasteiger partial charge in [0, 0.05) is 12.6 Å². The fraction of sp³-hybridized carbons (Fsp3) is 0.0952. The molecular weight excluding hydrogens is 266 g/mol. The van der Waals surface area contributed by atoms with E-state index in [0.717, 1.165) is 18.5 Å². The van der Waals surface area contributed by atoms with Gasteiger partial charge in [0.25, 0.3) is 0 Å². The predicted molar refractivity (Wildman–Crippen MR) is 89.1 cm³/mol. The smallest absolute Gasteiger partial charge is 0.0671 e. The van der Waals surface area contributed by atoms with Crippen molar-refractivity contribution in [1.82, 2.24) is 4.98 Å².